The first-order valence-electron chi connectivity index (χ1n) is 5.97. The van der Waals surface area contributed by atoms with Gasteiger partial charge in [-0.1, -0.05) is 11.6 Å². The summed E-state index contributed by atoms with van der Waals surface area (Å²) in [5.74, 6) is 0. The van der Waals surface area contributed by atoms with Gasteiger partial charge in [0.2, 0.25) is 10.0 Å². The zero-order valence-corrected chi connectivity index (χ0v) is 13.5. The quantitative estimate of drug-likeness (QED) is 0.920. The molecule has 0 aliphatic carbocycles. The van der Waals surface area contributed by atoms with Crippen molar-refractivity contribution in [1.82, 2.24) is 9.71 Å². The highest BCUT2D eigenvalue weighted by atomic mass is 35.5. The van der Waals surface area contributed by atoms with E-state index in [2.05, 4.69) is 14.6 Å². The first kappa shape index (κ1) is 14.3. The molecule has 0 unspecified atom stereocenters. The van der Waals surface area contributed by atoms with Crippen molar-refractivity contribution in [1.29, 1.82) is 0 Å². The van der Waals surface area contributed by atoms with Crippen molar-refractivity contribution in [2.24, 2.45) is 0 Å². The van der Waals surface area contributed by atoms with E-state index in [1.165, 1.54) is 6.07 Å². The van der Waals surface area contributed by atoms with E-state index in [0.717, 1.165) is 29.4 Å². The van der Waals surface area contributed by atoms with Crippen LogP contribution in [0.1, 0.15) is 6.42 Å². The van der Waals surface area contributed by atoms with Gasteiger partial charge in [-0.05, 0) is 18.6 Å². The Hall–Kier alpha value is -0.670. The van der Waals surface area contributed by atoms with Crippen LogP contribution >= 0.6 is 34.3 Å². The number of nitrogens with one attached hydrogen (secondary N) is 1. The molecule has 0 bridgehead atoms. The number of aromatic nitrogens is 1. The average molecular weight is 350 g/mol. The molecule has 9 heteroatoms. The summed E-state index contributed by atoms with van der Waals surface area (Å²) >= 11 is 8.41. The molecule has 108 valence electrons. The highest BCUT2D eigenvalue weighted by Gasteiger charge is 2.29. The van der Waals surface area contributed by atoms with E-state index < -0.39 is 10.0 Å². The van der Waals surface area contributed by atoms with Crippen molar-refractivity contribution in [2.75, 3.05) is 18.0 Å². The Morgan fingerprint density at radius 2 is 2.30 bits per heavy atom. The molecule has 1 aliphatic heterocycles. The lowest BCUT2D eigenvalue weighted by molar-refractivity contribution is 0.563. The molecule has 3 rings (SSSR count). The molecule has 2 aromatic heterocycles. The molecule has 1 atom stereocenters. The van der Waals surface area contributed by atoms with Crippen molar-refractivity contribution in [3.05, 3.63) is 28.0 Å². The van der Waals surface area contributed by atoms with Gasteiger partial charge in [-0.2, -0.15) is 0 Å². The van der Waals surface area contributed by atoms with Crippen LogP contribution in [0.15, 0.2) is 27.9 Å². The zero-order chi connectivity index (χ0) is 14.2. The van der Waals surface area contributed by atoms with Crippen molar-refractivity contribution >= 4 is 49.4 Å². The summed E-state index contributed by atoms with van der Waals surface area (Å²) in [4.78, 5) is 6.34. The van der Waals surface area contributed by atoms with Crippen molar-refractivity contribution in [3.8, 4) is 0 Å². The van der Waals surface area contributed by atoms with Gasteiger partial charge in [0.25, 0.3) is 0 Å². The van der Waals surface area contributed by atoms with E-state index in [9.17, 15) is 8.42 Å². The fourth-order valence-corrected chi connectivity index (χ4v) is 5.56. The topological polar surface area (TPSA) is 62.3 Å². The van der Waals surface area contributed by atoms with Gasteiger partial charge in [0.1, 0.15) is 4.21 Å². The van der Waals surface area contributed by atoms with Crippen LogP contribution in [0.4, 0.5) is 5.13 Å². The molecule has 3 heterocycles. The Labute approximate surface area is 130 Å². The zero-order valence-electron chi connectivity index (χ0n) is 10.3. The molecule has 1 N–H and O–H groups in total. The fourth-order valence-electron chi connectivity index (χ4n) is 2.12. The van der Waals surface area contributed by atoms with E-state index in [1.54, 1.807) is 23.6 Å². The Bertz CT molecular complexity index is 684. The minimum absolute atomic E-state index is 0.0928. The summed E-state index contributed by atoms with van der Waals surface area (Å²) in [6.45, 7) is 1.46. The molecule has 1 aliphatic rings. The highest BCUT2D eigenvalue weighted by Crippen LogP contribution is 2.27. The third kappa shape index (κ3) is 2.99. The first-order chi connectivity index (χ1) is 9.54. The second-order valence-electron chi connectivity index (χ2n) is 4.43. The van der Waals surface area contributed by atoms with Crippen molar-refractivity contribution in [2.45, 2.75) is 16.7 Å². The van der Waals surface area contributed by atoms with Crippen LogP contribution in [0.3, 0.4) is 0 Å². The maximum Gasteiger partial charge on any atom is 0.250 e. The summed E-state index contributed by atoms with van der Waals surface area (Å²) in [5, 5.41) is 2.85. The number of anilines is 1. The lowest BCUT2D eigenvalue weighted by atomic mass is 10.3. The van der Waals surface area contributed by atoms with Gasteiger partial charge in [0.05, 0.1) is 4.34 Å². The van der Waals surface area contributed by atoms with Crippen molar-refractivity contribution in [3.63, 3.8) is 0 Å². The van der Waals surface area contributed by atoms with E-state index in [0.29, 0.717) is 10.9 Å². The Morgan fingerprint density at radius 3 is 2.95 bits per heavy atom. The SMILES string of the molecule is O=S(=O)(N[C@@H]1CCN(c2nccs2)C1)c1ccc(Cl)s1. The summed E-state index contributed by atoms with van der Waals surface area (Å²) in [6.07, 6.45) is 2.53. The molecule has 2 aromatic rings. The highest BCUT2D eigenvalue weighted by molar-refractivity contribution is 7.91. The maximum absolute atomic E-state index is 12.2. The van der Waals surface area contributed by atoms with Gasteiger partial charge in [0, 0.05) is 30.7 Å². The third-order valence-corrected chi connectivity index (χ3v) is 7.09. The minimum Gasteiger partial charge on any atom is -0.346 e. The molecule has 0 amide bonds. The van der Waals surface area contributed by atoms with Gasteiger partial charge in [0.15, 0.2) is 5.13 Å². The molecular formula is C11H12ClN3O2S3. The number of hydrogen-bond acceptors (Lipinski definition) is 6. The smallest absolute Gasteiger partial charge is 0.250 e. The number of sulfonamides is 1. The van der Waals surface area contributed by atoms with Crippen LogP contribution in [-0.4, -0.2) is 32.5 Å². The molecule has 0 radical (unpaired) electrons. The minimum atomic E-state index is -3.47. The summed E-state index contributed by atoms with van der Waals surface area (Å²) in [5.41, 5.74) is 0. The van der Waals surface area contributed by atoms with Crippen LogP contribution < -0.4 is 9.62 Å². The van der Waals surface area contributed by atoms with Crippen LogP contribution in [0, 0.1) is 0 Å². The van der Waals surface area contributed by atoms with Crippen LogP contribution in [0.25, 0.3) is 0 Å². The second-order valence-corrected chi connectivity index (χ2v) is 8.96. The molecule has 0 saturated carbocycles. The number of thiophene rings is 1. The van der Waals surface area contributed by atoms with E-state index in [-0.39, 0.29) is 10.3 Å². The molecule has 1 fully saturated rings. The lowest BCUT2D eigenvalue weighted by Crippen LogP contribution is -2.36. The van der Waals surface area contributed by atoms with Crippen LogP contribution in [0.2, 0.25) is 4.34 Å². The summed E-state index contributed by atoms with van der Waals surface area (Å²) in [6, 6.07) is 3.03. The molecule has 0 aromatic carbocycles. The van der Waals surface area contributed by atoms with E-state index in [1.807, 2.05) is 5.38 Å². The van der Waals surface area contributed by atoms with Gasteiger partial charge in [-0.15, -0.1) is 22.7 Å². The van der Waals surface area contributed by atoms with Crippen LogP contribution in [0.5, 0.6) is 0 Å². The van der Waals surface area contributed by atoms with Crippen molar-refractivity contribution < 1.29 is 8.42 Å². The second kappa shape index (κ2) is 5.61. The Balaban J connectivity index is 1.67. The maximum atomic E-state index is 12.2. The monoisotopic (exact) mass is 349 g/mol. The normalized spacial score (nSPS) is 19.6. The summed E-state index contributed by atoms with van der Waals surface area (Å²) in [7, 11) is -3.47. The average Bonchev–Trinajstić information content (AvgIpc) is 3.06. The third-order valence-electron chi connectivity index (χ3n) is 3.01. The fraction of sp³-hybridized carbons (Fsp3) is 0.364. The molecular weight excluding hydrogens is 338 g/mol. The summed E-state index contributed by atoms with van der Waals surface area (Å²) < 4.78 is 27.9. The number of hydrogen-bond donors (Lipinski definition) is 1. The van der Waals surface area contributed by atoms with Crippen LogP contribution in [-0.2, 0) is 10.0 Å². The van der Waals surface area contributed by atoms with E-state index >= 15 is 0 Å². The number of rotatable bonds is 4. The number of nitrogens with zero attached hydrogens (tertiary/aromatic N) is 2. The van der Waals surface area contributed by atoms with E-state index in [4.69, 9.17) is 11.6 Å². The Kier molecular flexibility index (Phi) is 4.00. The molecule has 0 spiro atoms. The number of halogens is 1. The lowest BCUT2D eigenvalue weighted by Gasteiger charge is -2.15. The van der Waals surface area contributed by atoms with Gasteiger partial charge >= 0.3 is 0 Å². The van der Waals surface area contributed by atoms with Gasteiger partial charge in [-0.25, -0.2) is 18.1 Å². The first-order valence-corrected chi connectivity index (χ1v) is 9.52. The predicted octanol–water partition coefficient (Wildman–Crippen LogP) is 2.42. The standard InChI is InChI=1S/C11H12ClN3O2S3/c12-9-1-2-10(19-9)20(16,17)14-8-3-5-15(7-8)11-13-4-6-18-11/h1-2,4,6,8,14H,3,5,7H2/t8-/m1/s1. The molecule has 20 heavy (non-hydrogen) atoms. The molecule has 5 nitrogen and oxygen atoms in total. The van der Waals surface area contributed by atoms with Gasteiger partial charge < -0.3 is 4.90 Å². The molecule has 1 saturated heterocycles. The Morgan fingerprint density at radius 1 is 1.45 bits per heavy atom. The largest absolute Gasteiger partial charge is 0.346 e. The number of thiazole rings is 1. The van der Waals surface area contributed by atoms with Gasteiger partial charge in [-0.3, -0.25) is 0 Å². The predicted molar refractivity (Wildman–Crippen MR) is 82.4 cm³/mol.